The van der Waals surface area contributed by atoms with E-state index < -0.39 is 15.9 Å². The second-order valence-electron chi connectivity index (χ2n) is 8.86. The predicted octanol–water partition coefficient (Wildman–Crippen LogP) is 4.13. The van der Waals surface area contributed by atoms with Crippen LogP contribution in [0.1, 0.15) is 15.9 Å². The van der Waals surface area contributed by atoms with Crippen molar-refractivity contribution in [2.45, 2.75) is 11.3 Å². The van der Waals surface area contributed by atoms with Crippen LogP contribution in [0.4, 0.5) is 5.69 Å². The Morgan fingerprint density at radius 3 is 2.37 bits per heavy atom. The van der Waals surface area contributed by atoms with Crippen LogP contribution in [0, 0.1) is 0 Å². The molecule has 1 fully saturated rings. The van der Waals surface area contributed by atoms with E-state index >= 15 is 0 Å². The molecule has 0 bridgehead atoms. The lowest BCUT2D eigenvalue weighted by molar-refractivity contribution is 0.0973. The summed E-state index contributed by atoms with van der Waals surface area (Å²) >= 11 is 8.74. The van der Waals surface area contributed by atoms with E-state index in [9.17, 15) is 13.2 Å². The Bertz CT molecular complexity index is 1380. The van der Waals surface area contributed by atoms with Crippen molar-refractivity contribution in [1.29, 1.82) is 0 Å². The van der Waals surface area contributed by atoms with Gasteiger partial charge in [0.2, 0.25) is 10.0 Å². The zero-order valence-corrected chi connectivity index (χ0v) is 24.1. The molecule has 3 aromatic rings. The zero-order valence-electron chi connectivity index (χ0n) is 20.9. The Labute approximate surface area is 237 Å². The summed E-state index contributed by atoms with van der Waals surface area (Å²) < 4.78 is 34.0. The fourth-order valence-corrected chi connectivity index (χ4v) is 5.94. The molecule has 11 heteroatoms. The SMILES string of the molecule is CN1CCN(S(=O)(=O)c2ccc(NC(=S)NC(=O)c3cc(Br)ccc3OCCc3ccccc3)cc2)CC1. The molecule has 3 aromatic carbocycles. The van der Waals surface area contributed by atoms with E-state index in [1.165, 1.54) is 16.4 Å². The normalized spacial score (nSPS) is 14.6. The molecule has 1 saturated heterocycles. The number of anilines is 1. The van der Waals surface area contributed by atoms with Crippen LogP contribution >= 0.6 is 28.1 Å². The first-order chi connectivity index (χ1) is 18.2. The number of carbonyl (C=O) groups is 1. The maximum atomic E-state index is 13.0. The van der Waals surface area contributed by atoms with Gasteiger partial charge in [-0.15, -0.1) is 0 Å². The summed E-state index contributed by atoms with van der Waals surface area (Å²) in [5.41, 5.74) is 2.04. The van der Waals surface area contributed by atoms with Gasteiger partial charge in [0.1, 0.15) is 5.75 Å². The number of nitrogens with one attached hydrogen (secondary N) is 2. The summed E-state index contributed by atoms with van der Waals surface area (Å²) in [7, 11) is -1.59. The smallest absolute Gasteiger partial charge is 0.261 e. The molecule has 200 valence electrons. The average Bonchev–Trinajstić information content (AvgIpc) is 2.90. The molecule has 1 aliphatic heterocycles. The van der Waals surface area contributed by atoms with Crippen molar-refractivity contribution < 1.29 is 17.9 Å². The van der Waals surface area contributed by atoms with E-state index in [4.69, 9.17) is 17.0 Å². The van der Waals surface area contributed by atoms with Gasteiger partial charge in [-0.25, -0.2) is 8.42 Å². The number of nitrogens with zero attached hydrogens (tertiary/aromatic N) is 2. The maximum Gasteiger partial charge on any atom is 0.261 e. The Hall–Kier alpha value is -2.83. The third-order valence-corrected chi connectivity index (χ3v) is 8.73. The summed E-state index contributed by atoms with van der Waals surface area (Å²) in [5.74, 6) is 0.0238. The average molecular weight is 618 g/mol. The largest absolute Gasteiger partial charge is 0.492 e. The number of ether oxygens (including phenoxy) is 1. The monoisotopic (exact) mass is 616 g/mol. The second-order valence-corrected chi connectivity index (χ2v) is 12.1. The van der Waals surface area contributed by atoms with Crippen LogP contribution in [0.15, 0.2) is 82.2 Å². The molecule has 0 unspecified atom stereocenters. The van der Waals surface area contributed by atoms with Crippen molar-refractivity contribution in [2.24, 2.45) is 0 Å². The van der Waals surface area contributed by atoms with Crippen LogP contribution in [-0.4, -0.2) is 68.5 Å². The Morgan fingerprint density at radius 2 is 1.68 bits per heavy atom. The Balaban J connectivity index is 1.35. The number of hydrogen-bond acceptors (Lipinski definition) is 6. The minimum absolute atomic E-state index is 0.0832. The molecule has 2 N–H and O–H groups in total. The number of thiocarbonyl (C=S) groups is 1. The number of hydrogen-bond donors (Lipinski definition) is 2. The number of sulfonamides is 1. The van der Waals surface area contributed by atoms with E-state index in [2.05, 4.69) is 31.5 Å². The Kier molecular flexibility index (Phi) is 9.50. The summed E-state index contributed by atoms with van der Waals surface area (Å²) in [4.78, 5) is 15.3. The van der Waals surface area contributed by atoms with Gasteiger partial charge in [-0.2, -0.15) is 4.31 Å². The molecule has 0 radical (unpaired) electrons. The molecular formula is C27H29BrN4O4S2. The second kappa shape index (κ2) is 12.8. The van der Waals surface area contributed by atoms with Gasteiger partial charge in [-0.1, -0.05) is 46.3 Å². The van der Waals surface area contributed by atoms with Crippen LogP contribution in [0.5, 0.6) is 5.75 Å². The Morgan fingerprint density at radius 1 is 1.00 bits per heavy atom. The van der Waals surface area contributed by atoms with Gasteiger partial charge in [-0.05, 0) is 67.3 Å². The minimum Gasteiger partial charge on any atom is -0.492 e. The molecule has 38 heavy (non-hydrogen) atoms. The van der Waals surface area contributed by atoms with Gasteiger partial charge < -0.3 is 15.0 Å². The van der Waals surface area contributed by atoms with E-state index in [0.29, 0.717) is 56.2 Å². The van der Waals surface area contributed by atoms with Crippen LogP contribution in [0.2, 0.25) is 0 Å². The first kappa shape index (κ1) is 28.2. The van der Waals surface area contributed by atoms with Crippen molar-refractivity contribution in [3.63, 3.8) is 0 Å². The standard InChI is InChI=1S/C27H29BrN4O4S2/c1-31-14-16-32(17-15-31)38(34,35)23-10-8-22(9-11-23)29-27(37)30-26(33)24-19-21(28)7-12-25(24)36-18-13-20-5-3-2-4-6-20/h2-12,19H,13-18H2,1H3,(H2,29,30,33,37). The zero-order chi connectivity index (χ0) is 27.1. The van der Waals surface area contributed by atoms with Crippen LogP contribution in [-0.2, 0) is 16.4 Å². The lowest BCUT2D eigenvalue weighted by Gasteiger charge is -2.31. The molecule has 0 spiro atoms. The molecule has 0 saturated carbocycles. The van der Waals surface area contributed by atoms with Gasteiger partial charge >= 0.3 is 0 Å². The summed E-state index contributed by atoms with van der Waals surface area (Å²) in [5, 5.41) is 5.69. The van der Waals surface area contributed by atoms with Crippen LogP contribution in [0.25, 0.3) is 0 Å². The molecule has 0 aliphatic carbocycles. The number of rotatable bonds is 8. The molecule has 1 heterocycles. The van der Waals surface area contributed by atoms with Gasteiger partial charge in [-0.3, -0.25) is 10.1 Å². The maximum absolute atomic E-state index is 13.0. The highest BCUT2D eigenvalue weighted by atomic mass is 79.9. The third-order valence-electron chi connectivity index (χ3n) is 6.12. The minimum atomic E-state index is -3.56. The summed E-state index contributed by atoms with van der Waals surface area (Å²) in [6, 6.07) is 21.5. The number of amides is 1. The van der Waals surface area contributed by atoms with Gasteiger partial charge in [0.25, 0.3) is 5.91 Å². The fourth-order valence-electron chi connectivity index (χ4n) is 3.95. The number of likely N-dealkylation sites (N-methyl/N-ethyl adjacent to an activating group) is 1. The highest BCUT2D eigenvalue weighted by molar-refractivity contribution is 9.10. The summed E-state index contributed by atoms with van der Waals surface area (Å²) in [6.45, 7) is 2.73. The number of carbonyl (C=O) groups excluding carboxylic acids is 1. The van der Waals surface area contributed by atoms with Crippen molar-refractivity contribution in [2.75, 3.05) is 45.2 Å². The fraction of sp³-hybridized carbons (Fsp3) is 0.259. The van der Waals surface area contributed by atoms with Crippen LogP contribution in [0.3, 0.4) is 0 Å². The quantitative estimate of drug-likeness (QED) is 0.368. The van der Waals surface area contributed by atoms with Gasteiger partial charge in [0.05, 0.1) is 17.1 Å². The highest BCUT2D eigenvalue weighted by Gasteiger charge is 2.27. The predicted molar refractivity (Wildman–Crippen MR) is 156 cm³/mol. The van der Waals surface area contributed by atoms with E-state index in [1.54, 1.807) is 24.3 Å². The van der Waals surface area contributed by atoms with Crippen molar-refractivity contribution in [1.82, 2.24) is 14.5 Å². The van der Waals surface area contributed by atoms with Gasteiger partial charge in [0.15, 0.2) is 5.11 Å². The van der Waals surface area contributed by atoms with E-state index in [-0.39, 0.29) is 10.0 Å². The topological polar surface area (TPSA) is 91.0 Å². The lowest BCUT2D eigenvalue weighted by Crippen LogP contribution is -2.46. The number of halogens is 1. The highest BCUT2D eigenvalue weighted by Crippen LogP contribution is 2.24. The molecule has 4 rings (SSSR count). The molecule has 1 amide bonds. The molecule has 8 nitrogen and oxygen atoms in total. The van der Waals surface area contributed by atoms with Crippen molar-refractivity contribution in [3.05, 3.63) is 88.4 Å². The first-order valence-corrected chi connectivity index (χ1v) is 14.7. The molecule has 0 atom stereocenters. The van der Waals surface area contributed by atoms with Crippen LogP contribution < -0.4 is 15.4 Å². The lowest BCUT2D eigenvalue weighted by atomic mass is 10.1. The number of benzene rings is 3. The first-order valence-electron chi connectivity index (χ1n) is 12.1. The van der Waals surface area contributed by atoms with Crippen molar-refractivity contribution >= 4 is 54.9 Å². The molecule has 1 aliphatic rings. The van der Waals surface area contributed by atoms with Gasteiger partial charge in [0, 0.05) is 42.8 Å². The van der Waals surface area contributed by atoms with E-state index in [1.807, 2.05) is 43.4 Å². The summed E-state index contributed by atoms with van der Waals surface area (Å²) in [6.07, 6.45) is 0.707. The number of piperazine rings is 1. The molecular weight excluding hydrogens is 588 g/mol. The molecule has 0 aromatic heterocycles. The van der Waals surface area contributed by atoms with E-state index in [0.717, 1.165) is 10.0 Å². The van der Waals surface area contributed by atoms with Crippen molar-refractivity contribution in [3.8, 4) is 5.75 Å². The third kappa shape index (κ3) is 7.39.